The molecule has 0 fully saturated rings. The zero-order chi connectivity index (χ0) is 15.7. The molecule has 0 saturated heterocycles. The van der Waals surface area contributed by atoms with E-state index >= 15 is 0 Å². The molecule has 5 nitrogen and oxygen atoms in total. The summed E-state index contributed by atoms with van der Waals surface area (Å²) in [6.45, 7) is 5.16. The number of rotatable bonds is 9. The fourth-order valence-electron chi connectivity index (χ4n) is 2.07. The van der Waals surface area contributed by atoms with E-state index < -0.39 is 5.54 Å². The van der Waals surface area contributed by atoms with Crippen molar-refractivity contribution in [1.29, 1.82) is 0 Å². The molecule has 0 heterocycles. The molecule has 0 spiro atoms. The molecular formula is C16H25NO4. The highest BCUT2D eigenvalue weighted by Gasteiger charge is 2.40. The Bertz CT molecular complexity index is 424. The molecule has 0 radical (unpaired) electrons. The summed E-state index contributed by atoms with van der Waals surface area (Å²) in [6.07, 6.45) is -0.106. The van der Waals surface area contributed by atoms with Crippen molar-refractivity contribution in [2.75, 3.05) is 34.0 Å². The summed E-state index contributed by atoms with van der Waals surface area (Å²) in [7, 11) is 3.10. The smallest absolute Gasteiger partial charge is 0.333 e. The van der Waals surface area contributed by atoms with Crippen LogP contribution >= 0.6 is 0 Å². The number of benzene rings is 1. The van der Waals surface area contributed by atoms with Gasteiger partial charge in [0.2, 0.25) is 0 Å². The van der Waals surface area contributed by atoms with E-state index in [1.807, 2.05) is 44.2 Å². The van der Waals surface area contributed by atoms with Gasteiger partial charge in [-0.3, -0.25) is 5.32 Å². The van der Waals surface area contributed by atoms with Crippen LogP contribution in [0, 0.1) is 0 Å². The number of likely N-dealkylation sites (N-methyl/N-ethyl adjacent to an activating group) is 1. The molecule has 2 atom stereocenters. The Hall–Kier alpha value is -1.43. The van der Waals surface area contributed by atoms with Crippen LogP contribution in [0.4, 0.5) is 0 Å². The minimum atomic E-state index is -1.02. The molecule has 0 amide bonds. The summed E-state index contributed by atoms with van der Waals surface area (Å²) < 4.78 is 16.1. The van der Waals surface area contributed by atoms with Gasteiger partial charge in [0.15, 0.2) is 5.54 Å². The quantitative estimate of drug-likeness (QED) is 0.703. The number of nitrogens with one attached hydrogen (secondary N) is 1. The van der Waals surface area contributed by atoms with Gasteiger partial charge in [-0.1, -0.05) is 30.3 Å². The fourth-order valence-corrected chi connectivity index (χ4v) is 2.07. The number of hydrogen-bond donors (Lipinski definition) is 1. The number of esters is 1. The molecule has 0 aliphatic rings. The molecule has 21 heavy (non-hydrogen) atoms. The Morgan fingerprint density at radius 2 is 2.00 bits per heavy atom. The van der Waals surface area contributed by atoms with E-state index in [9.17, 15) is 4.79 Å². The first-order valence-corrected chi connectivity index (χ1v) is 7.13. The second kappa shape index (κ2) is 8.77. The highest BCUT2D eigenvalue weighted by Crippen LogP contribution is 2.23. The normalized spacial score (nSPS) is 15.2. The second-order valence-corrected chi connectivity index (χ2v) is 4.79. The second-order valence-electron chi connectivity index (χ2n) is 4.79. The van der Waals surface area contributed by atoms with Gasteiger partial charge in [0, 0.05) is 6.61 Å². The monoisotopic (exact) mass is 295 g/mol. The summed E-state index contributed by atoms with van der Waals surface area (Å²) in [5.74, 6) is -0.375. The third-order valence-electron chi connectivity index (χ3n) is 3.37. The first-order valence-electron chi connectivity index (χ1n) is 7.13. The summed E-state index contributed by atoms with van der Waals surface area (Å²) in [4.78, 5) is 12.3. The van der Waals surface area contributed by atoms with E-state index in [2.05, 4.69) is 5.32 Å². The Morgan fingerprint density at radius 3 is 2.52 bits per heavy atom. The summed E-state index contributed by atoms with van der Waals surface area (Å²) in [5.41, 5.74) is -0.209. The van der Waals surface area contributed by atoms with Crippen LogP contribution in [-0.4, -0.2) is 46.1 Å². The Morgan fingerprint density at radius 1 is 1.33 bits per heavy atom. The zero-order valence-corrected chi connectivity index (χ0v) is 13.2. The Balaban J connectivity index is 2.90. The molecule has 1 aromatic carbocycles. The molecule has 0 aliphatic carbocycles. The van der Waals surface area contributed by atoms with Gasteiger partial charge < -0.3 is 14.2 Å². The largest absolute Gasteiger partial charge is 0.467 e. The molecule has 5 heteroatoms. The van der Waals surface area contributed by atoms with Gasteiger partial charge in [0.1, 0.15) is 0 Å². The van der Waals surface area contributed by atoms with Crippen LogP contribution < -0.4 is 5.32 Å². The van der Waals surface area contributed by atoms with Crippen LogP contribution in [0.5, 0.6) is 0 Å². The van der Waals surface area contributed by atoms with Crippen LogP contribution in [0.1, 0.15) is 19.4 Å². The van der Waals surface area contributed by atoms with Gasteiger partial charge in [-0.2, -0.15) is 0 Å². The topological polar surface area (TPSA) is 56.8 Å². The van der Waals surface area contributed by atoms with Crippen LogP contribution in [0.3, 0.4) is 0 Å². The molecule has 0 bridgehead atoms. The predicted octanol–water partition coefficient (Wildman–Crippen LogP) is 1.72. The minimum absolute atomic E-state index is 0.106. The lowest BCUT2D eigenvalue weighted by atomic mass is 9.91. The van der Waals surface area contributed by atoms with Crippen molar-refractivity contribution in [1.82, 2.24) is 5.32 Å². The molecule has 1 rings (SSSR count). The molecule has 0 aromatic heterocycles. The van der Waals surface area contributed by atoms with E-state index in [-0.39, 0.29) is 18.7 Å². The van der Waals surface area contributed by atoms with Crippen LogP contribution in [0.15, 0.2) is 30.3 Å². The highest BCUT2D eigenvalue weighted by atomic mass is 16.5. The number of methoxy groups -OCH3 is 1. The number of hydrogen-bond acceptors (Lipinski definition) is 5. The molecule has 1 N–H and O–H groups in total. The third-order valence-corrected chi connectivity index (χ3v) is 3.37. The molecule has 0 aliphatic heterocycles. The Labute approximate surface area is 126 Å². The van der Waals surface area contributed by atoms with Crippen molar-refractivity contribution in [2.24, 2.45) is 0 Å². The van der Waals surface area contributed by atoms with Gasteiger partial charge in [-0.25, -0.2) is 4.79 Å². The van der Waals surface area contributed by atoms with Crippen molar-refractivity contribution in [3.05, 3.63) is 35.9 Å². The lowest BCUT2D eigenvalue weighted by Crippen LogP contribution is -2.52. The fraction of sp³-hybridized carbons (Fsp3) is 0.562. The summed E-state index contributed by atoms with van der Waals surface area (Å²) in [5, 5.41) is 3.05. The van der Waals surface area contributed by atoms with Crippen molar-refractivity contribution >= 4 is 5.97 Å². The zero-order valence-electron chi connectivity index (χ0n) is 13.2. The molecule has 1 aromatic rings. The molecular weight excluding hydrogens is 270 g/mol. The molecule has 118 valence electrons. The lowest BCUT2D eigenvalue weighted by molar-refractivity contribution is -0.153. The summed E-state index contributed by atoms with van der Waals surface area (Å²) >= 11 is 0. The van der Waals surface area contributed by atoms with Crippen molar-refractivity contribution in [3.63, 3.8) is 0 Å². The minimum Gasteiger partial charge on any atom is -0.467 e. The maximum atomic E-state index is 12.3. The highest BCUT2D eigenvalue weighted by molar-refractivity contribution is 5.82. The number of ether oxygens (including phenoxy) is 3. The van der Waals surface area contributed by atoms with Gasteiger partial charge in [-0.05, 0) is 26.5 Å². The maximum absolute atomic E-state index is 12.3. The molecule has 2 unspecified atom stereocenters. The van der Waals surface area contributed by atoms with Crippen LogP contribution in [0.25, 0.3) is 0 Å². The average molecular weight is 295 g/mol. The number of carbonyl (C=O) groups is 1. The van der Waals surface area contributed by atoms with Crippen LogP contribution in [-0.2, 0) is 24.5 Å². The van der Waals surface area contributed by atoms with E-state index in [0.29, 0.717) is 13.2 Å². The SMILES string of the molecule is CCOCC(C)OCC(NC)(C(=O)OC)c1ccccc1. The first kappa shape index (κ1) is 17.6. The van der Waals surface area contributed by atoms with Gasteiger partial charge in [0.25, 0.3) is 0 Å². The van der Waals surface area contributed by atoms with E-state index in [0.717, 1.165) is 5.56 Å². The average Bonchev–Trinajstić information content (AvgIpc) is 2.54. The lowest BCUT2D eigenvalue weighted by Gasteiger charge is -2.32. The first-order chi connectivity index (χ1) is 10.1. The molecule has 0 saturated carbocycles. The van der Waals surface area contributed by atoms with Gasteiger partial charge >= 0.3 is 5.97 Å². The van der Waals surface area contributed by atoms with E-state index in [4.69, 9.17) is 14.2 Å². The van der Waals surface area contributed by atoms with E-state index in [1.165, 1.54) is 7.11 Å². The van der Waals surface area contributed by atoms with Crippen molar-refractivity contribution < 1.29 is 19.0 Å². The number of carbonyl (C=O) groups excluding carboxylic acids is 1. The standard InChI is InChI=1S/C16H25NO4/c1-5-20-11-13(2)21-12-16(17-3,15(18)19-4)14-9-7-6-8-10-14/h6-10,13,17H,5,11-12H2,1-4H3. The van der Waals surface area contributed by atoms with E-state index in [1.54, 1.807) is 7.05 Å². The predicted molar refractivity (Wildman–Crippen MR) is 81.1 cm³/mol. The third kappa shape index (κ3) is 4.52. The Kier molecular flexibility index (Phi) is 7.36. The van der Waals surface area contributed by atoms with Crippen molar-refractivity contribution in [3.8, 4) is 0 Å². The summed E-state index contributed by atoms with van der Waals surface area (Å²) in [6, 6.07) is 9.43. The van der Waals surface area contributed by atoms with Gasteiger partial charge in [-0.15, -0.1) is 0 Å². The van der Waals surface area contributed by atoms with Crippen molar-refractivity contribution in [2.45, 2.75) is 25.5 Å². The van der Waals surface area contributed by atoms with Gasteiger partial charge in [0.05, 0.1) is 26.4 Å². The van der Waals surface area contributed by atoms with Crippen LogP contribution in [0.2, 0.25) is 0 Å². The maximum Gasteiger partial charge on any atom is 0.333 e.